The fourth-order valence-corrected chi connectivity index (χ4v) is 2.89. The zero-order chi connectivity index (χ0) is 13.6. The van der Waals surface area contributed by atoms with Crippen molar-refractivity contribution in [2.75, 3.05) is 13.1 Å². The first-order valence-electron chi connectivity index (χ1n) is 7.41. The van der Waals surface area contributed by atoms with Gasteiger partial charge in [-0.05, 0) is 51.6 Å². The molecule has 3 nitrogen and oxygen atoms in total. The van der Waals surface area contributed by atoms with Crippen molar-refractivity contribution in [3.05, 3.63) is 0 Å². The highest BCUT2D eigenvalue weighted by atomic mass is 16.4. The van der Waals surface area contributed by atoms with Gasteiger partial charge in [0.05, 0.1) is 6.42 Å². The SMILES string of the molecule is CC(C)CCC(C)(CC(=O)O)N1CCCCCC1. The molecule has 3 heteroatoms. The van der Waals surface area contributed by atoms with Gasteiger partial charge in [-0.1, -0.05) is 26.7 Å². The van der Waals surface area contributed by atoms with Gasteiger partial charge in [0, 0.05) is 5.54 Å². The molecule has 0 aromatic rings. The second-order valence-corrected chi connectivity index (χ2v) is 6.40. The van der Waals surface area contributed by atoms with E-state index in [1.807, 2.05) is 0 Å². The van der Waals surface area contributed by atoms with Gasteiger partial charge < -0.3 is 5.11 Å². The Morgan fingerprint density at radius 3 is 2.22 bits per heavy atom. The van der Waals surface area contributed by atoms with Gasteiger partial charge in [0.1, 0.15) is 0 Å². The Morgan fingerprint density at radius 2 is 1.78 bits per heavy atom. The van der Waals surface area contributed by atoms with E-state index in [4.69, 9.17) is 0 Å². The van der Waals surface area contributed by atoms with Crippen molar-refractivity contribution < 1.29 is 9.90 Å². The Bertz CT molecular complexity index is 257. The van der Waals surface area contributed by atoms with Crippen LogP contribution in [0.25, 0.3) is 0 Å². The average Bonchev–Trinajstić information content (AvgIpc) is 2.54. The van der Waals surface area contributed by atoms with E-state index in [1.165, 1.54) is 25.7 Å². The highest BCUT2D eigenvalue weighted by molar-refractivity contribution is 5.68. The summed E-state index contributed by atoms with van der Waals surface area (Å²) in [5, 5.41) is 9.19. The lowest BCUT2D eigenvalue weighted by atomic mass is 9.87. The third-order valence-electron chi connectivity index (χ3n) is 4.16. The fraction of sp³-hybridized carbons (Fsp3) is 0.933. The molecule has 1 aliphatic heterocycles. The van der Waals surface area contributed by atoms with Gasteiger partial charge in [0.2, 0.25) is 0 Å². The number of rotatable bonds is 6. The number of hydrogen-bond donors (Lipinski definition) is 1. The smallest absolute Gasteiger partial charge is 0.305 e. The fourth-order valence-electron chi connectivity index (χ4n) is 2.89. The van der Waals surface area contributed by atoms with E-state index in [0.717, 1.165) is 25.9 Å². The monoisotopic (exact) mass is 255 g/mol. The Hall–Kier alpha value is -0.570. The van der Waals surface area contributed by atoms with E-state index in [2.05, 4.69) is 25.7 Å². The molecule has 0 radical (unpaired) electrons. The molecule has 1 aliphatic rings. The summed E-state index contributed by atoms with van der Waals surface area (Å²) in [6.07, 6.45) is 7.42. The van der Waals surface area contributed by atoms with Crippen molar-refractivity contribution in [3.8, 4) is 0 Å². The molecule has 1 rings (SSSR count). The van der Waals surface area contributed by atoms with Gasteiger partial charge in [-0.3, -0.25) is 9.69 Å². The number of likely N-dealkylation sites (tertiary alicyclic amines) is 1. The minimum atomic E-state index is -0.662. The molecule has 0 spiro atoms. The summed E-state index contributed by atoms with van der Waals surface area (Å²) in [7, 11) is 0. The van der Waals surface area contributed by atoms with Crippen LogP contribution in [0.4, 0.5) is 0 Å². The van der Waals surface area contributed by atoms with Crippen LogP contribution in [0.2, 0.25) is 0 Å². The lowest BCUT2D eigenvalue weighted by molar-refractivity contribution is -0.140. The zero-order valence-corrected chi connectivity index (χ0v) is 12.2. The van der Waals surface area contributed by atoms with E-state index in [-0.39, 0.29) is 12.0 Å². The van der Waals surface area contributed by atoms with Crippen molar-refractivity contribution in [3.63, 3.8) is 0 Å². The van der Waals surface area contributed by atoms with Crippen LogP contribution in [0.1, 0.15) is 65.7 Å². The Morgan fingerprint density at radius 1 is 1.22 bits per heavy atom. The van der Waals surface area contributed by atoms with Crippen LogP contribution in [-0.2, 0) is 4.79 Å². The maximum Gasteiger partial charge on any atom is 0.305 e. The molecule has 0 bridgehead atoms. The van der Waals surface area contributed by atoms with Crippen molar-refractivity contribution in [1.29, 1.82) is 0 Å². The molecule has 0 aliphatic carbocycles. The third kappa shape index (κ3) is 4.97. The number of nitrogens with zero attached hydrogens (tertiary/aromatic N) is 1. The number of carboxylic acids is 1. The lowest BCUT2D eigenvalue weighted by Crippen LogP contribution is -2.48. The van der Waals surface area contributed by atoms with Gasteiger partial charge in [-0.25, -0.2) is 0 Å². The minimum Gasteiger partial charge on any atom is -0.481 e. The van der Waals surface area contributed by atoms with Crippen LogP contribution in [0, 0.1) is 5.92 Å². The van der Waals surface area contributed by atoms with Gasteiger partial charge >= 0.3 is 5.97 Å². The van der Waals surface area contributed by atoms with Crippen molar-refractivity contribution >= 4 is 5.97 Å². The first-order chi connectivity index (χ1) is 8.44. The second kappa shape index (κ2) is 7.13. The molecule has 1 saturated heterocycles. The highest BCUT2D eigenvalue weighted by Gasteiger charge is 2.34. The quantitative estimate of drug-likeness (QED) is 0.789. The molecule has 1 heterocycles. The van der Waals surface area contributed by atoms with Gasteiger partial charge in [-0.15, -0.1) is 0 Å². The normalized spacial score (nSPS) is 21.6. The highest BCUT2D eigenvalue weighted by Crippen LogP contribution is 2.29. The molecule has 18 heavy (non-hydrogen) atoms. The number of hydrogen-bond acceptors (Lipinski definition) is 2. The summed E-state index contributed by atoms with van der Waals surface area (Å²) in [5.41, 5.74) is -0.152. The first-order valence-corrected chi connectivity index (χ1v) is 7.41. The van der Waals surface area contributed by atoms with Crippen molar-refractivity contribution in [2.24, 2.45) is 5.92 Å². The molecular weight excluding hydrogens is 226 g/mol. The predicted octanol–water partition coefficient (Wildman–Crippen LogP) is 3.53. The summed E-state index contributed by atoms with van der Waals surface area (Å²) in [5.74, 6) is -0.0180. The molecule has 0 aromatic carbocycles. The molecule has 0 saturated carbocycles. The van der Waals surface area contributed by atoms with Crippen LogP contribution >= 0.6 is 0 Å². The van der Waals surface area contributed by atoms with E-state index in [0.29, 0.717) is 5.92 Å². The van der Waals surface area contributed by atoms with Crippen molar-refractivity contribution in [1.82, 2.24) is 4.90 Å². The van der Waals surface area contributed by atoms with Crippen molar-refractivity contribution in [2.45, 2.75) is 71.3 Å². The minimum absolute atomic E-state index is 0.152. The van der Waals surface area contributed by atoms with E-state index >= 15 is 0 Å². The summed E-state index contributed by atoms with van der Waals surface area (Å²) >= 11 is 0. The van der Waals surface area contributed by atoms with Crippen LogP contribution in [0.5, 0.6) is 0 Å². The number of carbonyl (C=O) groups is 1. The topological polar surface area (TPSA) is 40.5 Å². The molecule has 1 fully saturated rings. The maximum absolute atomic E-state index is 11.2. The molecule has 0 amide bonds. The van der Waals surface area contributed by atoms with Crippen LogP contribution < -0.4 is 0 Å². The van der Waals surface area contributed by atoms with E-state index in [1.54, 1.807) is 0 Å². The van der Waals surface area contributed by atoms with Crippen LogP contribution in [-0.4, -0.2) is 34.6 Å². The van der Waals surface area contributed by atoms with E-state index in [9.17, 15) is 9.90 Å². The predicted molar refractivity (Wildman–Crippen MR) is 74.8 cm³/mol. The zero-order valence-electron chi connectivity index (χ0n) is 12.2. The summed E-state index contributed by atoms with van der Waals surface area (Å²) in [6.45, 7) is 8.71. The molecule has 1 unspecified atom stereocenters. The molecule has 1 N–H and O–H groups in total. The van der Waals surface area contributed by atoms with Gasteiger partial charge in [-0.2, -0.15) is 0 Å². The Kier molecular flexibility index (Phi) is 6.13. The van der Waals surface area contributed by atoms with Gasteiger partial charge in [0.25, 0.3) is 0 Å². The summed E-state index contributed by atoms with van der Waals surface area (Å²) in [4.78, 5) is 13.6. The Balaban J connectivity index is 2.69. The second-order valence-electron chi connectivity index (χ2n) is 6.40. The number of aliphatic carboxylic acids is 1. The molecule has 0 aromatic heterocycles. The summed E-state index contributed by atoms with van der Waals surface area (Å²) in [6, 6.07) is 0. The molecule has 1 atom stereocenters. The molecule has 106 valence electrons. The molecular formula is C15H29NO2. The lowest BCUT2D eigenvalue weighted by Gasteiger charge is -2.40. The third-order valence-corrected chi connectivity index (χ3v) is 4.16. The van der Waals surface area contributed by atoms with Crippen LogP contribution in [0.15, 0.2) is 0 Å². The average molecular weight is 255 g/mol. The number of carboxylic acid groups (broad SMARTS) is 1. The Labute approximate surface area is 112 Å². The van der Waals surface area contributed by atoms with Gasteiger partial charge in [0.15, 0.2) is 0 Å². The van der Waals surface area contributed by atoms with Crippen LogP contribution in [0.3, 0.4) is 0 Å². The largest absolute Gasteiger partial charge is 0.481 e. The first kappa shape index (κ1) is 15.5. The summed E-state index contributed by atoms with van der Waals surface area (Å²) < 4.78 is 0. The van der Waals surface area contributed by atoms with E-state index < -0.39 is 5.97 Å². The maximum atomic E-state index is 11.2. The standard InChI is InChI=1S/C15H29NO2/c1-13(2)8-9-15(3,12-14(17)18)16-10-6-4-5-7-11-16/h13H,4-12H2,1-3H3,(H,17,18).